The van der Waals surface area contributed by atoms with Crippen molar-refractivity contribution in [1.82, 2.24) is 0 Å². The Labute approximate surface area is 119 Å². The number of nitrogens with two attached hydrogens (primary N) is 1. The summed E-state index contributed by atoms with van der Waals surface area (Å²) in [5, 5.41) is 6.28. The lowest BCUT2D eigenvalue weighted by molar-refractivity contribution is 0.742. The molecule has 4 heteroatoms. The molecule has 0 saturated heterocycles. The zero-order chi connectivity index (χ0) is 12.5. The van der Waals surface area contributed by atoms with Crippen molar-refractivity contribution in [1.29, 1.82) is 0 Å². The molecule has 3 rings (SSSR count). The third-order valence-corrected chi connectivity index (χ3v) is 5.49. The summed E-state index contributed by atoms with van der Waals surface area (Å²) in [6.07, 6.45) is 0.838. The average Bonchev–Trinajstić information content (AvgIpc) is 2.97. The monoisotopic (exact) mass is 293 g/mol. The molecule has 2 heterocycles. The van der Waals surface area contributed by atoms with Gasteiger partial charge in [-0.1, -0.05) is 29.8 Å². The van der Waals surface area contributed by atoms with Crippen LogP contribution in [0, 0.1) is 0 Å². The minimum Gasteiger partial charge on any atom is -0.323 e. The lowest BCUT2D eigenvalue weighted by Gasteiger charge is -2.09. The van der Waals surface area contributed by atoms with E-state index >= 15 is 0 Å². The van der Waals surface area contributed by atoms with Crippen LogP contribution in [0.15, 0.2) is 41.1 Å². The average molecular weight is 294 g/mol. The van der Waals surface area contributed by atoms with Gasteiger partial charge in [0.15, 0.2) is 0 Å². The zero-order valence-corrected chi connectivity index (χ0v) is 12.0. The number of benzene rings is 1. The van der Waals surface area contributed by atoms with E-state index in [2.05, 4.69) is 29.6 Å². The standard InChI is InChI=1S/C14H12ClNS2/c15-11-5-6-17-14(11)12(16)7-9-8-18-13-4-2-1-3-10(9)13/h1-6,8,12H,7,16H2. The van der Waals surface area contributed by atoms with Gasteiger partial charge in [-0.25, -0.2) is 0 Å². The fraction of sp³-hybridized carbons (Fsp3) is 0.143. The smallest absolute Gasteiger partial charge is 0.0561 e. The van der Waals surface area contributed by atoms with Crippen molar-refractivity contribution in [3.63, 3.8) is 0 Å². The Morgan fingerprint density at radius 1 is 1.17 bits per heavy atom. The molecule has 0 amide bonds. The highest BCUT2D eigenvalue weighted by Gasteiger charge is 2.14. The van der Waals surface area contributed by atoms with Gasteiger partial charge in [-0.15, -0.1) is 22.7 Å². The summed E-state index contributed by atoms with van der Waals surface area (Å²) < 4.78 is 1.32. The molecule has 2 aromatic heterocycles. The van der Waals surface area contributed by atoms with E-state index in [9.17, 15) is 0 Å². The van der Waals surface area contributed by atoms with Gasteiger partial charge in [0, 0.05) is 15.6 Å². The van der Waals surface area contributed by atoms with E-state index < -0.39 is 0 Å². The lowest BCUT2D eigenvalue weighted by Crippen LogP contribution is -2.11. The molecule has 0 fully saturated rings. The van der Waals surface area contributed by atoms with Crippen molar-refractivity contribution in [3.8, 4) is 0 Å². The number of hydrogen-bond donors (Lipinski definition) is 1. The first-order valence-corrected chi connectivity index (χ1v) is 7.83. The molecule has 0 spiro atoms. The largest absolute Gasteiger partial charge is 0.323 e. The summed E-state index contributed by atoms with van der Waals surface area (Å²) in [6.45, 7) is 0. The Hall–Kier alpha value is -0.870. The molecule has 1 unspecified atom stereocenters. The van der Waals surface area contributed by atoms with Gasteiger partial charge in [-0.3, -0.25) is 0 Å². The summed E-state index contributed by atoms with van der Waals surface area (Å²) in [5.74, 6) is 0. The summed E-state index contributed by atoms with van der Waals surface area (Å²) in [5.41, 5.74) is 7.57. The Balaban J connectivity index is 1.91. The van der Waals surface area contributed by atoms with Crippen LogP contribution in [0.3, 0.4) is 0 Å². The molecule has 0 radical (unpaired) electrons. The van der Waals surface area contributed by atoms with Crippen LogP contribution >= 0.6 is 34.3 Å². The lowest BCUT2D eigenvalue weighted by atomic mass is 10.0. The minimum atomic E-state index is -0.0180. The van der Waals surface area contributed by atoms with Gasteiger partial charge in [-0.2, -0.15) is 0 Å². The van der Waals surface area contributed by atoms with Crippen molar-refractivity contribution in [2.45, 2.75) is 12.5 Å². The molecular formula is C14H12ClNS2. The molecule has 2 N–H and O–H groups in total. The van der Waals surface area contributed by atoms with Crippen molar-refractivity contribution < 1.29 is 0 Å². The fourth-order valence-corrected chi connectivity index (χ4v) is 4.27. The Morgan fingerprint density at radius 2 is 2.00 bits per heavy atom. The SMILES string of the molecule is NC(Cc1csc2ccccc12)c1sccc1Cl. The molecule has 1 atom stereocenters. The summed E-state index contributed by atoms with van der Waals surface area (Å²) >= 11 is 9.53. The van der Waals surface area contributed by atoms with E-state index in [1.54, 1.807) is 22.7 Å². The first kappa shape index (κ1) is 12.2. The molecule has 0 aliphatic heterocycles. The van der Waals surface area contributed by atoms with Crippen LogP contribution in [0.4, 0.5) is 0 Å². The molecule has 1 nitrogen and oxygen atoms in total. The van der Waals surface area contributed by atoms with Crippen LogP contribution in [0.5, 0.6) is 0 Å². The van der Waals surface area contributed by atoms with Crippen LogP contribution in [0.1, 0.15) is 16.5 Å². The summed E-state index contributed by atoms with van der Waals surface area (Å²) in [4.78, 5) is 1.08. The predicted octanol–water partition coefficient (Wildman–Crippen LogP) is 4.86. The van der Waals surface area contributed by atoms with Gasteiger partial charge in [0.2, 0.25) is 0 Å². The molecule has 0 aliphatic rings. The van der Waals surface area contributed by atoms with Crippen molar-refractivity contribution in [3.05, 3.63) is 56.6 Å². The molecule has 0 saturated carbocycles. The predicted molar refractivity (Wildman–Crippen MR) is 81.8 cm³/mol. The van der Waals surface area contributed by atoms with Crippen molar-refractivity contribution in [2.24, 2.45) is 5.73 Å². The van der Waals surface area contributed by atoms with Crippen molar-refractivity contribution >= 4 is 44.4 Å². The van der Waals surface area contributed by atoms with Gasteiger partial charge in [-0.05, 0) is 40.3 Å². The molecule has 1 aromatic carbocycles. The Bertz CT molecular complexity index is 671. The van der Waals surface area contributed by atoms with Crippen LogP contribution in [-0.2, 0) is 6.42 Å². The van der Waals surface area contributed by atoms with E-state index in [-0.39, 0.29) is 6.04 Å². The molecule has 3 aromatic rings. The quantitative estimate of drug-likeness (QED) is 0.733. The van der Waals surface area contributed by atoms with E-state index in [1.165, 1.54) is 15.6 Å². The van der Waals surface area contributed by atoms with Crippen LogP contribution in [0.2, 0.25) is 5.02 Å². The third kappa shape index (κ3) is 2.19. The van der Waals surface area contributed by atoms with Gasteiger partial charge in [0.25, 0.3) is 0 Å². The molecular weight excluding hydrogens is 282 g/mol. The summed E-state index contributed by atoms with van der Waals surface area (Å²) in [7, 11) is 0. The number of thiophene rings is 2. The van der Waals surface area contributed by atoms with E-state index in [4.69, 9.17) is 17.3 Å². The minimum absolute atomic E-state index is 0.0180. The number of halogens is 1. The number of rotatable bonds is 3. The molecule has 0 aliphatic carbocycles. The van der Waals surface area contributed by atoms with Crippen LogP contribution in [-0.4, -0.2) is 0 Å². The highest BCUT2D eigenvalue weighted by Crippen LogP contribution is 2.32. The fourth-order valence-electron chi connectivity index (χ4n) is 2.09. The highest BCUT2D eigenvalue weighted by atomic mass is 35.5. The maximum atomic E-state index is 6.25. The second-order valence-corrected chi connectivity index (χ2v) is 6.47. The van der Waals surface area contributed by atoms with Gasteiger partial charge in [0.05, 0.1) is 5.02 Å². The van der Waals surface area contributed by atoms with Gasteiger partial charge < -0.3 is 5.73 Å². The Morgan fingerprint density at radius 3 is 2.78 bits per heavy atom. The number of fused-ring (bicyclic) bond motifs is 1. The van der Waals surface area contributed by atoms with Gasteiger partial charge >= 0.3 is 0 Å². The second-order valence-electron chi connectivity index (χ2n) is 4.20. The zero-order valence-electron chi connectivity index (χ0n) is 9.60. The normalized spacial score (nSPS) is 13.0. The van der Waals surface area contributed by atoms with Gasteiger partial charge in [0.1, 0.15) is 0 Å². The first-order valence-electron chi connectivity index (χ1n) is 5.69. The first-order chi connectivity index (χ1) is 8.75. The molecule has 0 bridgehead atoms. The van der Waals surface area contributed by atoms with E-state index in [0.717, 1.165) is 16.3 Å². The van der Waals surface area contributed by atoms with E-state index in [1.807, 2.05) is 11.4 Å². The Kier molecular flexibility index (Phi) is 3.39. The van der Waals surface area contributed by atoms with Crippen LogP contribution < -0.4 is 5.73 Å². The molecule has 18 heavy (non-hydrogen) atoms. The highest BCUT2D eigenvalue weighted by molar-refractivity contribution is 7.17. The number of hydrogen-bond acceptors (Lipinski definition) is 3. The maximum absolute atomic E-state index is 6.25. The second kappa shape index (κ2) is 5.02. The molecule has 92 valence electrons. The van der Waals surface area contributed by atoms with Crippen molar-refractivity contribution in [2.75, 3.05) is 0 Å². The maximum Gasteiger partial charge on any atom is 0.0561 e. The summed E-state index contributed by atoms with van der Waals surface area (Å²) in [6, 6.07) is 10.3. The van der Waals surface area contributed by atoms with Crippen LogP contribution in [0.25, 0.3) is 10.1 Å². The topological polar surface area (TPSA) is 26.0 Å². The van der Waals surface area contributed by atoms with E-state index in [0.29, 0.717) is 0 Å². The third-order valence-electron chi connectivity index (χ3n) is 2.98.